The standard InChI is InChI=1S/C8H9NO.K.H/c9-8(10)6-7-4-2-1-3-5-7;;/h1-5H,6H2,(H2,9,10);;/q;+1;-1. The zero-order valence-corrected chi connectivity index (χ0v) is 9.70. The molecule has 0 aliphatic heterocycles. The van der Waals surface area contributed by atoms with E-state index >= 15 is 0 Å². The van der Waals surface area contributed by atoms with E-state index in [4.69, 9.17) is 5.73 Å². The number of amides is 1. The topological polar surface area (TPSA) is 43.1 Å². The molecule has 0 saturated carbocycles. The van der Waals surface area contributed by atoms with Gasteiger partial charge in [-0.05, 0) is 5.56 Å². The summed E-state index contributed by atoms with van der Waals surface area (Å²) in [4.78, 5) is 10.4. The van der Waals surface area contributed by atoms with Gasteiger partial charge in [0, 0.05) is 0 Å². The van der Waals surface area contributed by atoms with Crippen LogP contribution in [0.2, 0.25) is 0 Å². The summed E-state index contributed by atoms with van der Waals surface area (Å²) in [5.41, 5.74) is 5.95. The fourth-order valence-electron chi connectivity index (χ4n) is 0.797. The molecule has 0 fully saturated rings. The summed E-state index contributed by atoms with van der Waals surface area (Å²) in [6.07, 6.45) is 0.334. The maximum absolute atomic E-state index is 10.4. The molecule has 2 nitrogen and oxygen atoms in total. The van der Waals surface area contributed by atoms with E-state index in [1.54, 1.807) is 0 Å². The predicted molar refractivity (Wildman–Crippen MR) is 40.5 cm³/mol. The van der Waals surface area contributed by atoms with Crippen LogP contribution >= 0.6 is 0 Å². The SMILES string of the molecule is NC(=O)Cc1ccccc1.[H-].[K+]. The Morgan fingerprint density at radius 3 is 2.36 bits per heavy atom. The van der Waals surface area contributed by atoms with Gasteiger partial charge in [0.2, 0.25) is 5.91 Å². The van der Waals surface area contributed by atoms with Crippen molar-refractivity contribution in [2.45, 2.75) is 6.42 Å². The summed E-state index contributed by atoms with van der Waals surface area (Å²) in [6.45, 7) is 0. The molecule has 0 aliphatic rings. The molecule has 3 heteroatoms. The van der Waals surface area contributed by atoms with Gasteiger partial charge in [0.15, 0.2) is 0 Å². The molecule has 1 aromatic carbocycles. The third kappa shape index (κ3) is 4.71. The largest absolute Gasteiger partial charge is 1.00 e. The molecule has 0 heterocycles. The van der Waals surface area contributed by atoms with E-state index in [0.717, 1.165) is 5.56 Å². The van der Waals surface area contributed by atoms with Gasteiger partial charge in [-0.25, -0.2) is 0 Å². The zero-order valence-electron chi connectivity index (χ0n) is 7.58. The minimum atomic E-state index is -0.286. The van der Waals surface area contributed by atoms with E-state index in [2.05, 4.69) is 0 Å². The fourth-order valence-corrected chi connectivity index (χ4v) is 0.797. The molecule has 1 rings (SSSR count). The van der Waals surface area contributed by atoms with Crippen LogP contribution in [-0.4, -0.2) is 5.91 Å². The molecule has 2 N–H and O–H groups in total. The first-order chi connectivity index (χ1) is 4.79. The van der Waals surface area contributed by atoms with Crippen molar-refractivity contribution in [2.24, 2.45) is 5.73 Å². The van der Waals surface area contributed by atoms with E-state index in [0.29, 0.717) is 6.42 Å². The van der Waals surface area contributed by atoms with E-state index < -0.39 is 0 Å². The second kappa shape index (κ2) is 5.91. The Hall–Kier alpha value is 0.326. The first kappa shape index (κ1) is 11.3. The van der Waals surface area contributed by atoms with Crippen molar-refractivity contribution in [3.8, 4) is 0 Å². The number of hydrogen-bond donors (Lipinski definition) is 1. The van der Waals surface area contributed by atoms with Gasteiger partial charge in [-0.2, -0.15) is 0 Å². The summed E-state index contributed by atoms with van der Waals surface area (Å²) in [7, 11) is 0. The van der Waals surface area contributed by atoms with Gasteiger partial charge in [-0.1, -0.05) is 30.3 Å². The molecule has 1 amide bonds. The maximum atomic E-state index is 10.4. The zero-order chi connectivity index (χ0) is 7.40. The number of carbonyl (C=O) groups is 1. The number of rotatable bonds is 2. The van der Waals surface area contributed by atoms with Gasteiger partial charge < -0.3 is 7.16 Å². The van der Waals surface area contributed by atoms with Crippen LogP contribution in [0.5, 0.6) is 0 Å². The van der Waals surface area contributed by atoms with Gasteiger partial charge in [-0.15, -0.1) is 0 Å². The molecule has 54 valence electrons. The van der Waals surface area contributed by atoms with Crippen LogP contribution in [0.1, 0.15) is 6.99 Å². The first-order valence-electron chi connectivity index (χ1n) is 3.11. The Kier molecular flexibility index (Phi) is 6.09. The van der Waals surface area contributed by atoms with Crippen LogP contribution in [-0.2, 0) is 11.2 Å². The summed E-state index contributed by atoms with van der Waals surface area (Å²) in [5, 5.41) is 0. The van der Waals surface area contributed by atoms with Crippen LogP contribution in [0.25, 0.3) is 0 Å². The second-order valence-electron chi connectivity index (χ2n) is 2.13. The van der Waals surface area contributed by atoms with Crippen LogP contribution in [0.15, 0.2) is 30.3 Å². The van der Waals surface area contributed by atoms with E-state index in [-0.39, 0.29) is 58.7 Å². The van der Waals surface area contributed by atoms with Gasteiger partial charge in [0.05, 0.1) is 6.42 Å². The molecule has 0 radical (unpaired) electrons. The first-order valence-corrected chi connectivity index (χ1v) is 3.11. The van der Waals surface area contributed by atoms with Crippen molar-refractivity contribution in [2.75, 3.05) is 0 Å². The Labute approximate surface area is 110 Å². The number of carbonyl (C=O) groups excluding carboxylic acids is 1. The van der Waals surface area contributed by atoms with Gasteiger partial charge in [0.1, 0.15) is 0 Å². The third-order valence-electron chi connectivity index (χ3n) is 1.22. The Morgan fingerprint density at radius 1 is 1.36 bits per heavy atom. The van der Waals surface area contributed by atoms with Crippen LogP contribution in [0.4, 0.5) is 0 Å². The number of hydrogen-bond acceptors (Lipinski definition) is 1. The van der Waals surface area contributed by atoms with Crippen LogP contribution in [0.3, 0.4) is 0 Å². The minimum Gasteiger partial charge on any atom is -1.00 e. The van der Waals surface area contributed by atoms with Crippen molar-refractivity contribution in [3.63, 3.8) is 0 Å². The molecule has 0 bridgehead atoms. The molecular formula is C8H10KNO. The van der Waals surface area contributed by atoms with Crippen molar-refractivity contribution in [1.82, 2.24) is 0 Å². The van der Waals surface area contributed by atoms with E-state index in [1.807, 2.05) is 30.3 Å². The summed E-state index contributed by atoms with van der Waals surface area (Å²) in [6, 6.07) is 9.44. The molecular weight excluding hydrogens is 165 g/mol. The molecule has 0 saturated heterocycles. The van der Waals surface area contributed by atoms with Crippen molar-refractivity contribution in [1.29, 1.82) is 0 Å². The van der Waals surface area contributed by atoms with Crippen molar-refractivity contribution in [3.05, 3.63) is 35.9 Å². The predicted octanol–water partition coefficient (Wildman–Crippen LogP) is -2.17. The van der Waals surface area contributed by atoms with Gasteiger partial charge in [-0.3, -0.25) is 4.79 Å². The molecule has 0 aromatic heterocycles. The fraction of sp³-hybridized carbons (Fsp3) is 0.125. The molecule has 11 heavy (non-hydrogen) atoms. The number of benzene rings is 1. The average molecular weight is 175 g/mol. The maximum Gasteiger partial charge on any atom is 1.00 e. The molecule has 0 spiro atoms. The van der Waals surface area contributed by atoms with Crippen LogP contribution in [0, 0.1) is 0 Å². The van der Waals surface area contributed by atoms with Gasteiger partial charge in [0.25, 0.3) is 0 Å². The summed E-state index contributed by atoms with van der Waals surface area (Å²) in [5.74, 6) is -0.286. The van der Waals surface area contributed by atoms with Crippen molar-refractivity contribution < 1.29 is 57.6 Å². The minimum absolute atomic E-state index is 0. The van der Waals surface area contributed by atoms with E-state index in [9.17, 15) is 4.79 Å². The molecule has 0 aliphatic carbocycles. The Morgan fingerprint density at radius 2 is 1.91 bits per heavy atom. The van der Waals surface area contributed by atoms with E-state index in [1.165, 1.54) is 0 Å². The third-order valence-corrected chi connectivity index (χ3v) is 1.22. The molecule has 0 unspecified atom stereocenters. The number of nitrogens with two attached hydrogens (primary N) is 1. The monoisotopic (exact) mass is 175 g/mol. The molecule has 1 aromatic rings. The molecule has 0 atom stereocenters. The smallest absolute Gasteiger partial charge is 1.00 e. The second-order valence-corrected chi connectivity index (χ2v) is 2.13. The summed E-state index contributed by atoms with van der Waals surface area (Å²) >= 11 is 0. The normalized spacial score (nSPS) is 8.36. The van der Waals surface area contributed by atoms with Crippen molar-refractivity contribution >= 4 is 5.91 Å². The Bertz CT molecular complexity index is 228. The average Bonchev–Trinajstić information content (AvgIpc) is 1.88. The quantitative estimate of drug-likeness (QED) is 0.511. The number of primary amides is 1. The summed E-state index contributed by atoms with van der Waals surface area (Å²) < 4.78 is 0. The van der Waals surface area contributed by atoms with Gasteiger partial charge >= 0.3 is 51.4 Å². The van der Waals surface area contributed by atoms with Crippen LogP contribution < -0.4 is 57.1 Å². The Balaban J connectivity index is 0.